The summed E-state index contributed by atoms with van der Waals surface area (Å²) < 4.78 is 9.25. The van der Waals surface area contributed by atoms with Crippen molar-refractivity contribution in [1.29, 1.82) is 0 Å². The average molecular weight is 430 g/mol. The first-order valence-electron chi connectivity index (χ1n) is 9.71. The third kappa shape index (κ3) is 3.62. The molecule has 0 saturated carbocycles. The summed E-state index contributed by atoms with van der Waals surface area (Å²) >= 11 is 1.40. The van der Waals surface area contributed by atoms with Crippen molar-refractivity contribution in [2.75, 3.05) is 0 Å². The van der Waals surface area contributed by atoms with Crippen LogP contribution in [-0.2, 0) is 7.05 Å². The van der Waals surface area contributed by atoms with E-state index in [0.717, 1.165) is 27.6 Å². The third-order valence-electron chi connectivity index (χ3n) is 5.01. The van der Waals surface area contributed by atoms with Gasteiger partial charge in [-0.15, -0.1) is 0 Å². The van der Waals surface area contributed by atoms with Gasteiger partial charge in [-0.1, -0.05) is 30.3 Å². The Morgan fingerprint density at radius 3 is 2.65 bits per heavy atom. The summed E-state index contributed by atoms with van der Waals surface area (Å²) in [5.41, 5.74) is 3.66. The molecule has 5 rings (SSSR count). The molecule has 5 aromatic rings. The zero-order chi connectivity index (χ0) is 21.4. The Bertz CT molecular complexity index is 1420. The highest BCUT2D eigenvalue weighted by Crippen LogP contribution is 2.28. The molecule has 3 aromatic heterocycles. The molecule has 0 amide bonds. The monoisotopic (exact) mass is 429 g/mol. The van der Waals surface area contributed by atoms with E-state index in [0.29, 0.717) is 16.5 Å². The van der Waals surface area contributed by atoms with Gasteiger partial charge in [-0.25, -0.2) is 14.7 Å². The lowest BCUT2D eigenvalue weighted by Crippen LogP contribution is -2.19. The fourth-order valence-corrected chi connectivity index (χ4v) is 4.13. The number of furan rings is 1. The number of aliphatic imine (C=N–C) groups is 1. The SMILES string of the molecule is Cc1c(N=Cc2ccc(Sc3nc4ccccc4[nH]3)o2)c(=O)n(-c2ccccc2)n1C. The summed E-state index contributed by atoms with van der Waals surface area (Å²) in [4.78, 5) is 25.2. The van der Waals surface area contributed by atoms with Gasteiger partial charge in [0.15, 0.2) is 15.9 Å². The van der Waals surface area contributed by atoms with Crippen LogP contribution in [0.1, 0.15) is 11.5 Å². The number of imidazole rings is 1. The van der Waals surface area contributed by atoms with Crippen molar-refractivity contribution in [1.82, 2.24) is 19.3 Å². The maximum absolute atomic E-state index is 12.9. The largest absolute Gasteiger partial charge is 0.448 e. The van der Waals surface area contributed by atoms with Gasteiger partial charge < -0.3 is 9.40 Å². The lowest BCUT2D eigenvalue weighted by molar-refractivity contribution is 0.468. The fourth-order valence-electron chi connectivity index (χ4n) is 3.36. The Morgan fingerprint density at radius 2 is 1.84 bits per heavy atom. The number of aromatic nitrogens is 4. The molecule has 8 heteroatoms. The van der Waals surface area contributed by atoms with Gasteiger partial charge in [0, 0.05) is 7.05 Å². The average Bonchev–Trinajstić information content (AvgIpc) is 3.45. The lowest BCUT2D eigenvalue weighted by atomic mass is 10.3. The number of aromatic amines is 1. The second kappa shape index (κ2) is 7.81. The number of hydrogen-bond donors (Lipinski definition) is 1. The molecule has 31 heavy (non-hydrogen) atoms. The van der Waals surface area contributed by atoms with E-state index >= 15 is 0 Å². The molecule has 154 valence electrons. The highest BCUT2D eigenvalue weighted by atomic mass is 32.2. The molecule has 0 atom stereocenters. The fraction of sp³-hybridized carbons (Fsp3) is 0.0870. The quantitative estimate of drug-likeness (QED) is 0.405. The van der Waals surface area contributed by atoms with Gasteiger partial charge >= 0.3 is 0 Å². The Kier molecular flexibility index (Phi) is 4.83. The molecule has 0 bridgehead atoms. The highest BCUT2D eigenvalue weighted by Gasteiger charge is 2.15. The van der Waals surface area contributed by atoms with E-state index in [4.69, 9.17) is 4.42 Å². The van der Waals surface area contributed by atoms with Crippen LogP contribution in [0, 0.1) is 6.92 Å². The minimum Gasteiger partial charge on any atom is -0.448 e. The number of H-pyrrole nitrogens is 1. The number of benzene rings is 2. The minimum absolute atomic E-state index is 0.175. The smallest absolute Gasteiger partial charge is 0.297 e. The van der Waals surface area contributed by atoms with Crippen LogP contribution in [0.4, 0.5) is 5.69 Å². The van der Waals surface area contributed by atoms with E-state index in [1.807, 2.05) is 80.7 Å². The van der Waals surface area contributed by atoms with Crippen LogP contribution < -0.4 is 5.56 Å². The molecule has 0 radical (unpaired) electrons. The molecule has 0 aliphatic rings. The maximum Gasteiger partial charge on any atom is 0.297 e. The van der Waals surface area contributed by atoms with E-state index in [1.165, 1.54) is 11.8 Å². The second-order valence-electron chi connectivity index (χ2n) is 6.99. The minimum atomic E-state index is -0.175. The molecule has 0 aliphatic carbocycles. The van der Waals surface area contributed by atoms with Gasteiger partial charge in [0.1, 0.15) is 5.76 Å². The molecule has 1 N–H and O–H groups in total. The lowest BCUT2D eigenvalue weighted by Gasteiger charge is -2.07. The van der Waals surface area contributed by atoms with E-state index in [9.17, 15) is 4.79 Å². The van der Waals surface area contributed by atoms with Crippen molar-refractivity contribution >= 4 is 34.7 Å². The molecule has 0 spiro atoms. The topological polar surface area (TPSA) is 81.1 Å². The van der Waals surface area contributed by atoms with Crippen LogP contribution in [-0.4, -0.2) is 25.5 Å². The number of nitrogens with zero attached hydrogens (tertiary/aromatic N) is 4. The summed E-state index contributed by atoms with van der Waals surface area (Å²) in [5.74, 6) is 0.563. The van der Waals surface area contributed by atoms with Gasteiger partial charge in [-0.05, 0) is 55.1 Å². The van der Waals surface area contributed by atoms with E-state index in [2.05, 4.69) is 15.0 Å². The molecule has 2 aromatic carbocycles. The standard InChI is InChI=1S/C23H19N5O2S/c1-15-21(22(29)28(27(15)2)16-8-4-3-5-9-16)24-14-17-12-13-20(30-17)31-23-25-18-10-6-7-11-19(18)26-23/h3-14H,1-2H3,(H,25,26). The molecule has 0 saturated heterocycles. The number of hydrogen-bond acceptors (Lipinski definition) is 5. The summed E-state index contributed by atoms with van der Waals surface area (Å²) in [6, 6.07) is 21.0. The first kappa shape index (κ1) is 19.2. The van der Waals surface area contributed by atoms with Crippen LogP contribution >= 0.6 is 11.8 Å². The Morgan fingerprint density at radius 1 is 1.06 bits per heavy atom. The van der Waals surface area contributed by atoms with Crippen LogP contribution in [0.2, 0.25) is 0 Å². The van der Waals surface area contributed by atoms with Crippen molar-refractivity contribution in [2.24, 2.45) is 12.0 Å². The van der Waals surface area contributed by atoms with Crippen LogP contribution in [0.3, 0.4) is 0 Å². The first-order valence-corrected chi connectivity index (χ1v) is 10.5. The highest BCUT2D eigenvalue weighted by molar-refractivity contribution is 7.99. The summed E-state index contributed by atoms with van der Waals surface area (Å²) in [5, 5.41) is 1.44. The molecule has 0 fully saturated rings. The molecule has 0 unspecified atom stereocenters. The van der Waals surface area contributed by atoms with Crippen LogP contribution in [0.5, 0.6) is 0 Å². The normalized spacial score (nSPS) is 11.7. The molecule has 0 aliphatic heterocycles. The van der Waals surface area contributed by atoms with Crippen LogP contribution in [0.15, 0.2) is 91.2 Å². The number of rotatable bonds is 5. The first-order chi connectivity index (χ1) is 15.1. The predicted molar refractivity (Wildman–Crippen MR) is 122 cm³/mol. The van der Waals surface area contributed by atoms with Crippen molar-refractivity contribution in [3.8, 4) is 5.69 Å². The van der Waals surface area contributed by atoms with E-state index in [-0.39, 0.29) is 5.56 Å². The zero-order valence-electron chi connectivity index (χ0n) is 16.9. The van der Waals surface area contributed by atoms with Gasteiger partial charge in [0.25, 0.3) is 5.56 Å². The maximum atomic E-state index is 12.9. The zero-order valence-corrected chi connectivity index (χ0v) is 17.8. The Balaban J connectivity index is 1.39. The van der Waals surface area contributed by atoms with Crippen LogP contribution in [0.25, 0.3) is 16.7 Å². The molecular formula is C23H19N5O2S. The molecular weight excluding hydrogens is 410 g/mol. The van der Waals surface area contributed by atoms with Crippen molar-refractivity contribution in [3.63, 3.8) is 0 Å². The van der Waals surface area contributed by atoms with Gasteiger partial charge in [-0.3, -0.25) is 9.48 Å². The summed E-state index contributed by atoms with van der Waals surface area (Å²) in [7, 11) is 1.84. The van der Waals surface area contributed by atoms with E-state index < -0.39 is 0 Å². The third-order valence-corrected chi connectivity index (χ3v) is 5.82. The molecule has 3 heterocycles. The molecule has 7 nitrogen and oxygen atoms in total. The summed E-state index contributed by atoms with van der Waals surface area (Å²) in [6.07, 6.45) is 1.57. The van der Waals surface area contributed by atoms with Gasteiger partial charge in [0.2, 0.25) is 0 Å². The van der Waals surface area contributed by atoms with Gasteiger partial charge in [0.05, 0.1) is 28.6 Å². The predicted octanol–water partition coefficient (Wildman–Crippen LogP) is 4.86. The van der Waals surface area contributed by atoms with Crippen molar-refractivity contribution in [3.05, 3.63) is 88.5 Å². The summed E-state index contributed by atoms with van der Waals surface area (Å²) in [6.45, 7) is 1.87. The Hall–Kier alpha value is -3.78. The van der Waals surface area contributed by atoms with E-state index in [1.54, 1.807) is 15.6 Å². The van der Waals surface area contributed by atoms with Crippen molar-refractivity contribution < 1.29 is 4.42 Å². The number of nitrogens with one attached hydrogen (secondary N) is 1. The van der Waals surface area contributed by atoms with Crippen molar-refractivity contribution in [2.45, 2.75) is 17.2 Å². The number of para-hydroxylation sites is 3. The second-order valence-corrected chi connectivity index (χ2v) is 7.98. The van der Waals surface area contributed by atoms with Gasteiger partial charge in [-0.2, -0.15) is 0 Å². The number of fused-ring (bicyclic) bond motifs is 1. The Labute approximate surface area is 182 Å².